The zero-order valence-corrected chi connectivity index (χ0v) is 22.1. The van der Waals surface area contributed by atoms with Gasteiger partial charge in [-0.2, -0.15) is 0 Å². The van der Waals surface area contributed by atoms with E-state index in [0.29, 0.717) is 23.9 Å². The molecular weight excluding hydrogens is 527 g/mol. The van der Waals surface area contributed by atoms with E-state index in [1.165, 1.54) is 6.26 Å². The van der Waals surface area contributed by atoms with Gasteiger partial charge in [0, 0.05) is 26.4 Å². The summed E-state index contributed by atoms with van der Waals surface area (Å²) in [6.07, 6.45) is 1.22. The van der Waals surface area contributed by atoms with Crippen molar-refractivity contribution in [3.05, 3.63) is 59.2 Å². The fourth-order valence-corrected chi connectivity index (χ4v) is 4.24. The molecule has 7 nitrogen and oxygen atoms in total. The first kappa shape index (κ1) is 27.2. The Morgan fingerprint density at radius 3 is 2.42 bits per heavy atom. The van der Waals surface area contributed by atoms with E-state index >= 15 is 0 Å². The standard InChI is InChI=1S/C22H32N4O3S.HI/c1-16-12-17(10-11-21(16)30(6,27)28)14-24-22(23-2)25-15-20(26(3)4)18-8-7-9-19(13-18)29-5;/h7-13,20H,14-15H2,1-6H3,(H2,23,24,25);1H. The number of nitrogens with zero attached hydrogens (tertiary/aromatic N) is 2. The van der Waals surface area contributed by atoms with Gasteiger partial charge in [-0.05, 0) is 55.9 Å². The van der Waals surface area contributed by atoms with Crippen LogP contribution in [-0.2, 0) is 16.4 Å². The number of sulfone groups is 1. The number of ether oxygens (including phenoxy) is 1. The van der Waals surface area contributed by atoms with Crippen molar-refractivity contribution in [3.63, 3.8) is 0 Å². The lowest BCUT2D eigenvalue weighted by atomic mass is 10.1. The molecule has 0 heterocycles. The van der Waals surface area contributed by atoms with Crippen molar-refractivity contribution in [2.75, 3.05) is 41.1 Å². The first-order valence-electron chi connectivity index (χ1n) is 9.70. The number of aryl methyl sites for hydroxylation is 1. The molecule has 0 amide bonds. The van der Waals surface area contributed by atoms with Gasteiger partial charge in [0.15, 0.2) is 15.8 Å². The third-order valence-electron chi connectivity index (χ3n) is 4.89. The number of likely N-dealkylation sites (N-methyl/N-ethyl adjacent to an activating group) is 1. The Bertz CT molecular complexity index is 994. The lowest BCUT2D eigenvalue weighted by Crippen LogP contribution is -2.41. The first-order valence-corrected chi connectivity index (χ1v) is 11.6. The predicted molar refractivity (Wildman–Crippen MR) is 137 cm³/mol. The van der Waals surface area contributed by atoms with Gasteiger partial charge >= 0.3 is 0 Å². The van der Waals surface area contributed by atoms with Crippen molar-refractivity contribution in [1.82, 2.24) is 15.5 Å². The Morgan fingerprint density at radius 2 is 1.87 bits per heavy atom. The van der Waals surface area contributed by atoms with Crippen LogP contribution in [0.3, 0.4) is 0 Å². The highest BCUT2D eigenvalue weighted by Gasteiger charge is 2.16. The summed E-state index contributed by atoms with van der Waals surface area (Å²) in [5.74, 6) is 1.50. The molecule has 0 fully saturated rings. The van der Waals surface area contributed by atoms with Crippen LogP contribution in [0.15, 0.2) is 52.4 Å². The van der Waals surface area contributed by atoms with E-state index < -0.39 is 9.84 Å². The van der Waals surface area contributed by atoms with Crippen molar-refractivity contribution in [3.8, 4) is 5.75 Å². The molecule has 1 atom stereocenters. The van der Waals surface area contributed by atoms with Crippen LogP contribution in [0.1, 0.15) is 22.7 Å². The van der Waals surface area contributed by atoms with Crippen molar-refractivity contribution in [2.24, 2.45) is 4.99 Å². The largest absolute Gasteiger partial charge is 0.497 e. The van der Waals surface area contributed by atoms with Crippen molar-refractivity contribution >= 4 is 39.8 Å². The highest BCUT2D eigenvalue weighted by molar-refractivity contribution is 14.0. The van der Waals surface area contributed by atoms with E-state index in [-0.39, 0.29) is 30.0 Å². The normalized spacial score (nSPS) is 12.8. The average molecular weight is 561 g/mol. The Labute approximate surface area is 203 Å². The summed E-state index contributed by atoms with van der Waals surface area (Å²) < 4.78 is 28.9. The molecule has 0 aliphatic rings. The number of aliphatic imine (C=N–C) groups is 1. The first-order chi connectivity index (χ1) is 14.2. The average Bonchev–Trinajstić information content (AvgIpc) is 2.69. The van der Waals surface area contributed by atoms with Crippen LogP contribution in [0.4, 0.5) is 0 Å². The van der Waals surface area contributed by atoms with E-state index in [0.717, 1.165) is 22.4 Å². The maximum Gasteiger partial charge on any atom is 0.191 e. The van der Waals surface area contributed by atoms with Gasteiger partial charge in [-0.1, -0.05) is 24.3 Å². The second-order valence-corrected chi connectivity index (χ2v) is 9.42. The van der Waals surface area contributed by atoms with Crippen molar-refractivity contribution in [2.45, 2.75) is 24.4 Å². The molecule has 0 bridgehead atoms. The zero-order chi connectivity index (χ0) is 22.3. The zero-order valence-electron chi connectivity index (χ0n) is 19.0. The summed E-state index contributed by atoms with van der Waals surface area (Å²) in [4.78, 5) is 6.80. The molecule has 0 spiro atoms. The molecular formula is C22H33IN4O3S. The van der Waals surface area contributed by atoms with Gasteiger partial charge in [0.2, 0.25) is 0 Å². The third kappa shape index (κ3) is 7.97. The lowest BCUT2D eigenvalue weighted by Gasteiger charge is -2.26. The minimum absolute atomic E-state index is 0. The molecule has 9 heteroatoms. The van der Waals surface area contributed by atoms with E-state index in [4.69, 9.17) is 4.74 Å². The Balaban J connectivity index is 0.00000480. The molecule has 0 saturated heterocycles. The molecule has 0 radical (unpaired) electrons. The number of benzene rings is 2. The highest BCUT2D eigenvalue weighted by atomic mass is 127. The van der Waals surface area contributed by atoms with Gasteiger partial charge in [-0.15, -0.1) is 24.0 Å². The number of nitrogens with one attached hydrogen (secondary N) is 2. The van der Waals surface area contributed by atoms with Gasteiger partial charge < -0.3 is 20.3 Å². The number of hydrogen-bond donors (Lipinski definition) is 2. The van der Waals surface area contributed by atoms with Crippen LogP contribution in [0.2, 0.25) is 0 Å². The quantitative estimate of drug-likeness (QED) is 0.294. The smallest absolute Gasteiger partial charge is 0.191 e. The van der Waals surface area contributed by atoms with Gasteiger partial charge in [0.25, 0.3) is 0 Å². The second-order valence-electron chi connectivity index (χ2n) is 7.43. The van der Waals surface area contributed by atoms with E-state index in [9.17, 15) is 8.42 Å². The summed E-state index contributed by atoms with van der Waals surface area (Å²) in [6, 6.07) is 13.5. The molecule has 2 aromatic rings. The fourth-order valence-electron chi connectivity index (χ4n) is 3.28. The minimum atomic E-state index is -3.21. The topological polar surface area (TPSA) is 83.0 Å². The number of hydrogen-bond acceptors (Lipinski definition) is 5. The van der Waals surface area contributed by atoms with Crippen LogP contribution < -0.4 is 15.4 Å². The Hall–Kier alpha value is -1.85. The van der Waals surface area contributed by atoms with Crippen molar-refractivity contribution in [1.29, 1.82) is 0 Å². The number of methoxy groups -OCH3 is 1. The molecule has 0 aromatic heterocycles. The predicted octanol–water partition coefficient (Wildman–Crippen LogP) is 2.99. The number of guanidine groups is 1. The van der Waals surface area contributed by atoms with Gasteiger partial charge in [0.05, 0.1) is 18.0 Å². The minimum Gasteiger partial charge on any atom is -0.497 e. The summed E-state index contributed by atoms with van der Waals surface area (Å²) in [5, 5.41) is 6.65. The van der Waals surface area contributed by atoms with Crippen LogP contribution >= 0.6 is 24.0 Å². The number of halogens is 1. The summed E-state index contributed by atoms with van der Waals surface area (Å²) in [5.41, 5.74) is 2.87. The number of rotatable bonds is 8. The highest BCUT2D eigenvalue weighted by Crippen LogP contribution is 2.22. The van der Waals surface area contributed by atoms with Crippen LogP contribution in [-0.4, -0.2) is 60.3 Å². The molecule has 0 aliphatic heterocycles. The van der Waals surface area contributed by atoms with Crippen molar-refractivity contribution < 1.29 is 13.2 Å². The maximum atomic E-state index is 11.8. The van der Waals surface area contributed by atoms with E-state index in [1.54, 1.807) is 20.2 Å². The molecule has 172 valence electrons. The van der Waals surface area contributed by atoms with Gasteiger partial charge in [0.1, 0.15) is 5.75 Å². The molecule has 31 heavy (non-hydrogen) atoms. The molecule has 2 rings (SSSR count). The van der Waals surface area contributed by atoms with Crippen LogP contribution in [0, 0.1) is 6.92 Å². The second kappa shape index (κ2) is 12.3. The summed E-state index contributed by atoms with van der Waals surface area (Å²) >= 11 is 0. The summed E-state index contributed by atoms with van der Waals surface area (Å²) in [7, 11) is 4.25. The third-order valence-corrected chi connectivity index (χ3v) is 6.14. The fraction of sp³-hybridized carbons (Fsp3) is 0.409. The van der Waals surface area contributed by atoms with Gasteiger partial charge in [-0.3, -0.25) is 4.99 Å². The lowest BCUT2D eigenvalue weighted by molar-refractivity contribution is 0.297. The van der Waals surface area contributed by atoms with Crippen LogP contribution in [0.5, 0.6) is 5.75 Å². The SMILES string of the molecule is CN=C(NCc1ccc(S(C)(=O)=O)c(C)c1)NCC(c1cccc(OC)c1)N(C)C.I. The molecule has 0 saturated carbocycles. The Morgan fingerprint density at radius 1 is 1.16 bits per heavy atom. The molecule has 2 N–H and O–H groups in total. The molecule has 2 aromatic carbocycles. The maximum absolute atomic E-state index is 11.8. The van der Waals surface area contributed by atoms with Gasteiger partial charge in [-0.25, -0.2) is 8.42 Å². The summed E-state index contributed by atoms with van der Waals surface area (Å²) in [6.45, 7) is 3.00. The van der Waals surface area contributed by atoms with E-state index in [1.807, 2.05) is 51.4 Å². The Kier molecular flexibility index (Phi) is 10.7. The monoisotopic (exact) mass is 560 g/mol. The van der Waals surface area contributed by atoms with Crippen LogP contribution in [0.25, 0.3) is 0 Å². The molecule has 0 aliphatic carbocycles. The van der Waals surface area contributed by atoms with E-state index in [2.05, 4.69) is 26.6 Å². The molecule has 1 unspecified atom stereocenters.